The van der Waals surface area contributed by atoms with Crippen molar-refractivity contribution in [2.45, 2.75) is 85.0 Å². The summed E-state index contributed by atoms with van der Waals surface area (Å²) in [6, 6.07) is 0. The second kappa shape index (κ2) is 6.96. The summed E-state index contributed by atoms with van der Waals surface area (Å²) in [5.41, 5.74) is 0. The van der Waals surface area contributed by atoms with E-state index in [-0.39, 0.29) is 0 Å². The summed E-state index contributed by atoms with van der Waals surface area (Å²) in [6.45, 7) is 7.21. The van der Waals surface area contributed by atoms with E-state index in [0.717, 1.165) is 29.6 Å². The topological polar surface area (TPSA) is 0 Å². The van der Waals surface area contributed by atoms with Crippen LogP contribution in [0.4, 0.5) is 0 Å². The van der Waals surface area contributed by atoms with Gasteiger partial charge in [0.05, 0.1) is 0 Å². The molecule has 2 saturated carbocycles. The first kappa shape index (κ1) is 14.4. The highest BCUT2D eigenvalue weighted by atomic mass is 14.4. The van der Waals surface area contributed by atoms with Crippen LogP contribution in [0.1, 0.15) is 85.0 Å². The first-order chi connectivity index (χ1) is 8.80. The van der Waals surface area contributed by atoms with Gasteiger partial charge in [0.2, 0.25) is 0 Å². The quantitative estimate of drug-likeness (QED) is 0.538. The van der Waals surface area contributed by atoms with E-state index in [1.165, 1.54) is 32.1 Å². The smallest absolute Gasteiger partial charge is 0.0358 e. The maximum Gasteiger partial charge on any atom is -0.0358 e. The van der Waals surface area contributed by atoms with E-state index in [4.69, 9.17) is 0 Å². The molecule has 0 bridgehead atoms. The Labute approximate surface area is 115 Å². The lowest BCUT2D eigenvalue weighted by atomic mass is 9.66. The Kier molecular flexibility index (Phi) is 5.57. The van der Waals surface area contributed by atoms with Crippen molar-refractivity contribution < 1.29 is 0 Å². The normalized spacial score (nSPS) is 33.7. The first-order valence-corrected chi connectivity index (χ1v) is 8.80. The largest absolute Gasteiger partial charge is 0.0654 e. The van der Waals surface area contributed by atoms with Crippen molar-refractivity contribution >= 4 is 0 Å². The third-order valence-corrected chi connectivity index (χ3v) is 6.21. The van der Waals surface area contributed by atoms with Gasteiger partial charge in [-0.3, -0.25) is 0 Å². The molecule has 0 radical (unpaired) electrons. The van der Waals surface area contributed by atoms with Gasteiger partial charge in [-0.25, -0.2) is 0 Å². The van der Waals surface area contributed by atoms with E-state index in [1.54, 1.807) is 32.1 Å². The minimum absolute atomic E-state index is 1.01. The zero-order chi connectivity index (χ0) is 13.0. The molecule has 0 heterocycles. The fourth-order valence-electron chi connectivity index (χ4n) is 5.21. The molecule has 2 rings (SSSR count). The standard InChI is InChI=1S/C18H34/c1-4-8-18(14(5-2)6-3)17-12-11-15-9-7-10-16(15)13-17/h14-18H,4-13H2,1-3H3. The molecule has 0 amide bonds. The van der Waals surface area contributed by atoms with Crippen LogP contribution in [0.5, 0.6) is 0 Å². The van der Waals surface area contributed by atoms with E-state index in [0.29, 0.717) is 0 Å². The Morgan fingerprint density at radius 3 is 2.28 bits per heavy atom. The van der Waals surface area contributed by atoms with Gasteiger partial charge >= 0.3 is 0 Å². The van der Waals surface area contributed by atoms with Crippen LogP contribution in [0.25, 0.3) is 0 Å². The molecule has 2 fully saturated rings. The Balaban J connectivity index is 1.97. The van der Waals surface area contributed by atoms with Crippen LogP contribution in [0.3, 0.4) is 0 Å². The lowest BCUT2D eigenvalue weighted by Gasteiger charge is -2.40. The van der Waals surface area contributed by atoms with Crippen LogP contribution in [-0.2, 0) is 0 Å². The Bertz CT molecular complexity index is 228. The Hall–Kier alpha value is 0. The molecule has 4 atom stereocenters. The molecule has 106 valence electrons. The van der Waals surface area contributed by atoms with Gasteiger partial charge in [0.1, 0.15) is 0 Å². The molecule has 4 unspecified atom stereocenters. The van der Waals surface area contributed by atoms with Gasteiger partial charge < -0.3 is 0 Å². The van der Waals surface area contributed by atoms with Crippen molar-refractivity contribution in [1.82, 2.24) is 0 Å². The van der Waals surface area contributed by atoms with Gasteiger partial charge in [-0.05, 0) is 48.9 Å². The van der Waals surface area contributed by atoms with Crippen molar-refractivity contribution in [1.29, 1.82) is 0 Å². The maximum atomic E-state index is 2.41. The monoisotopic (exact) mass is 250 g/mol. The van der Waals surface area contributed by atoms with Crippen LogP contribution in [0.2, 0.25) is 0 Å². The summed E-state index contributed by atoms with van der Waals surface area (Å²) in [6.07, 6.45) is 15.1. The summed E-state index contributed by atoms with van der Waals surface area (Å²) in [4.78, 5) is 0. The highest BCUT2D eigenvalue weighted by Crippen LogP contribution is 2.48. The van der Waals surface area contributed by atoms with Crippen molar-refractivity contribution in [3.63, 3.8) is 0 Å². The second-order valence-electron chi connectivity index (χ2n) is 7.05. The summed E-state index contributed by atoms with van der Waals surface area (Å²) < 4.78 is 0. The highest BCUT2D eigenvalue weighted by molar-refractivity contribution is 4.88. The SMILES string of the molecule is CCCC(C(CC)CC)C1CCC2CCCC2C1. The Morgan fingerprint density at radius 1 is 0.889 bits per heavy atom. The number of hydrogen-bond donors (Lipinski definition) is 0. The lowest BCUT2D eigenvalue weighted by Crippen LogP contribution is -2.30. The summed E-state index contributed by atoms with van der Waals surface area (Å²) in [7, 11) is 0. The minimum atomic E-state index is 1.01. The number of hydrogen-bond acceptors (Lipinski definition) is 0. The third-order valence-electron chi connectivity index (χ3n) is 6.21. The number of fused-ring (bicyclic) bond motifs is 1. The van der Waals surface area contributed by atoms with Gasteiger partial charge in [0.15, 0.2) is 0 Å². The van der Waals surface area contributed by atoms with Crippen molar-refractivity contribution in [3.8, 4) is 0 Å². The van der Waals surface area contributed by atoms with E-state index in [1.807, 2.05) is 0 Å². The molecule has 0 aliphatic heterocycles. The highest BCUT2D eigenvalue weighted by Gasteiger charge is 2.37. The Morgan fingerprint density at radius 2 is 1.61 bits per heavy atom. The third kappa shape index (κ3) is 3.11. The minimum Gasteiger partial charge on any atom is -0.0654 e. The van der Waals surface area contributed by atoms with Crippen molar-refractivity contribution in [2.24, 2.45) is 29.6 Å². The summed E-state index contributed by atoms with van der Waals surface area (Å²) >= 11 is 0. The van der Waals surface area contributed by atoms with Crippen LogP contribution in [-0.4, -0.2) is 0 Å². The van der Waals surface area contributed by atoms with Crippen LogP contribution >= 0.6 is 0 Å². The van der Waals surface area contributed by atoms with Gasteiger partial charge in [-0.2, -0.15) is 0 Å². The van der Waals surface area contributed by atoms with Gasteiger partial charge in [0, 0.05) is 0 Å². The molecular formula is C18H34. The average Bonchev–Trinajstić information content (AvgIpc) is 2.86. The van der Waals surface area contributed by atoms with E-state index in [2.05, 4.69) is 20.8 Å². The predicted molar refractivity (Wildman–Crippen MR) is 80.6 cm³/mol. The number of rotatable bonds is 6. The predicted octanol–water partition coefficient (Wildman–Crippen LogP) is 6.06. The van der Waals surface area contributed by atoms with E-state index in [9.17, 15) is 0 Å². The molecule has 0 N–H and O–H groups in total. The van der Waals surface area contributed by atoms with E-state index < -0.39 is 0 Å². The van der Waals surface area contributed by atoms with Gasteiger partial charge in [-0.15, -0.1) is 0 Å². The van der Waals surface area contributed by atoms with Crippen LogP contribution in [0.15, 0.2) is 0 Å². The van der Waals surface area contributed by atoms with E-state index >= 15 is 0 Å². The molecule has 0 aromatic rings. The molecular weight excluding hydrogens is 216 g/mol. The van der Waals surface area contributed by atoms with Crippen LogP contribution in [0, 0.1) is 29.6 Å². The van der Waals surface area contributed by atoms with Gasteiger partial charge in [-0.1, -0.05) is 65.7 Å². The first-order valence-electron chi connectivity index (χ1n) is 8.80. The molecule has 0 saturated heterocycles. The van der Waals surface area contributed by atoms with Crippen LogP contribution < -0.4 is 0 Å². The molecule has 0 spiro atoms. The average molecular weight is 250 g/mol. The summed E-state index contributed by atoms with van der Waals surface area (Å²) in [5, 5.41) is 0. The lowest BCUT2D eigenvalue weighted by molar-refractivity contribution is 0.107. The molecule has 0 nitrogen and oxygen atoms in total. The molecule has 2 aliphatic rings. The molecule has 0 aromatic carbocycles. The summed E-state index contributed by atoms with van der Waals surface area (Å²) in [5.74, 6) is 5.39. The molecule has 0 heteroatoms. The fraction of sp³-hybridized carbons (Fsp3) is 1.00. The zero-order valence-corrected chi connectivity index (χ0v) is 13.0. The zero-order valence-electron chi connectivity index (χ0n) is 13.0. The van der Waals surface area contributed by atoms with Crippen molar-refractivity contribution in [3.05, 3.63) is 0 Å². The molecule has 2 aliphatic carbocycles. The second-order valence-corrected chi connectivity index (χ2v) is 7.05. The molecule has 0 aromatic heterocycles. The van der Waals surface area contributed by atoms with Gasteiger partial charge in [0.25, 0.3) is 0 Å². The fourth-order valence-corrected chi connectivity index (χ4v) is 5.21. The maximum absolute atomic E-state index is 2.41. The molecule has 18 heavy (non-hydrogen) atoms. The van der Waals surface area contributed by atoms with Crippen molar-refractivity contribution in [2.75, 3.05) is 0 Å².